The van der Waals surface area contributed by atoms with E-state index in [4.69, 9.17) is 11.3 Å². The molecule has 0 aliphatic rings. The molecule has 3 N–H and O–H groups in total. The maximum absolute atomic E-state index is 9.00. The smallest absolute Gasteiger partial charge is 0.300 e. The average molecular weight is 109 g/mol. The van der Waals surface area contributed by atoms with E-state index < -0.39 is 5.97 Å². The molecule has 0 rings (SSSR count). The Morgan fingerprint density at radius 3 is 1.86 bits per heavy atom. The quantitative estimate of drug-likeness (QED) is 0.470. The van der Waals surface area contributed by atoms with Crippen LogP contribution in [0.4, 0.5) is 0 Å². The zero-order chi connectivity index (χ0) is 7.58. The van der Waals surface area contributed by atoms with Gasteiger partial charge in [-0.2, -0.15) is 0 Å². The Bertz CT molecular complexity index is 37.0. The molecular weight excluding hydrogens is 94.0 g/mol. The van der Waals surface area contributed by atoms with Crippen molar-refractivity contribution in [1.29, 1.82) is 0 Å². The van der Waals surface area contributed by atoms with Crippen molar-refractivity contribution in [2.75, 3.05) is 7.05 Å². The second-order valence-corrected chi connectivity index (χ2v) is 0.519. The van der Waals surface area contributed by atoms with Crippen molar-refractivity contribution in [3.63, 3.8) is 0 Å². The summed E-state index contributed by atoms with van der Waals surface area (Å²) in [6, 6.07) is 0. The Morgan fingerprint density at radius 1 is 1.86 bits per heavy atom. The largest absolute Gasteiger partial charge is 0.481 e. The molecule has 0 atom stereocenters. The van der Waals surface area contributed by atoms with Gasteiger partial charge in [0, 0.05) is 8.29 Å². The van der Waals surface area contributed by atoms with Gasteiger partial charge in [-0.15, -0.1) is 0 Å². The summed E-state index contributed by atoms with van der Waals surface area (Å²) < 4.78 is 5.75. The summed E-state index contributed by atoms with van der Waals surface area (Å²) in [6.45, 7) is 1.08. The summed E-state index contributed by atoms with van der Waals surface area (Å²) in [4.78, 5) is 9.00. The third-order valence-corrected chi connectivity index (χ3v) is 0. The van der Waals surface area contributed by atoms with E-state index >= 15 is 0 Å². The van der Waals surface area contributed by atoms with E-state index in [9.17, 15) is 0 Å². The highest BCUT2D eigenvalue weighted by atomic mass is 16.4. The number of nitrogens with two attached hydrogens (primary N) is 1. The molecule has 0 fully saturated rings. The zero-order valence-electron chi connectivity index (χ0n) is 5.93. The zero-order valence-corrected chi connectivity index (χ0v) is 4.93. The molecule has 7 heavy (non-hydrogen) atoms. The molecule has 0 aromatic carbocycles. The Kier molecular flexibility index (Phi) is 24.9. The molecule has 46 valence electrons. The topological polar surface area (TPSA) is 63.3 Å². The minimum atomic E-state index is -0.833. The van der Waals surface area contributed by atoms with E-state index in [1.807, 2.05) is 0 Å². The molecule has 0 unspecified atom stereocenters. The Morgan fingerprint density at radius 2 is 1.86 bits per heavy atom. The summed E-state index contributed by atoms with van der Waals surface area (Å²) in [6.07, 6.45) is 0. The SMILES string of the molecule is CC(=O)O.CN.[3H]C. The Hall–Kier alpha value is -0.570. The minimum Gasteiger partial charge on any atom is -0.481 e. The molecule has 0 spiro atoms. The van der Waals surface area contributed by atoms with E-state index in [2.05, 4.69) is 5.73 Å². The predicted molar refractivity (Wildman–Crippen MR) is 30.2 cm³/mol. The summed E-state index contributed by atoms with van der Waals surface area (Å²) in [5.74, 6) is -0.833. The summed E-state index contributed by atoms with van der Waals surface area (Å²) in [7, 11) is 2.75. The Balaban J connectivity index is -0.0000000542. The fourth-order valence-corrected chi connectivity index (χ4v) is 0. The minimum absolute atomic E-state index is 0.833. The van der Waals surface area contributed by atoms with Gasteiger partial charge in [0.2, 0.25) is 0 Å². The van der Waals surface area contributed by atoms with Crippen LogP contribution in [0.25, 0.3) is 0 Å². The van der Waals surface area contributed by atoms with Crippen LogP contribution < -0.4 is 5.73 Å². The van der Waals surface area contributed by atoms with Crippen LogP contribution in [0.1, 0.15) is 15.7 Å². The second-order valence-electron chi connectivity index (χ2n) is 0.519. The van der Waals surface area contributed by atoms with Crippen molar-refractivity contribution in [2.24, 2.45) is 5.73 Å². The van der Waals surface area contributed by atoms with Crippen LogP contribution in [0.2, 0.25) is 0 Å². The molecule has 0 aromatic heterocycles. The molecule has 0 radical (unpaired) electrons. The van der Waals surface area contributed by atoms with Crippen molar-refractivity contribution >= 4 is 5.97 Å². The molecule has 0 amide bonds. The first kappa shape index (κ1) is 9.66. The maximum atomic E-state index is 9.00. The molecule has 0 saturated carbocycles. The van der Waals surface area contributed by atoms with Crippen LogP contribution in [0.3, 0.4) is 0 Å². The van der Waals surface area contributed by atoms with Crippen molar-refractivity contribution in [3.05, 3.63) is 0 Å². The highest BCUT2D eigenvalue weighted by molar-refractivity contribution is 5.62. The molecule has 0 bridgehead atoms. The van der Waals surface area contributed by atoms with Gasteiger partial charge in [-0.3, -0.25) is 4.79 Å². The lowest BCUT2D eigenvalue weighted by atomic mass is 10.9. The molecule has 3 nitrogen and oxygen atoms in total. The lowest BCUT2D eigenvalue weighted by Gasteiger charge is -1.59. The first-order chi connectivity index (χ1) is 3.73. The van der Waals surface area contributed by atoms with Crippen LogP contribution in [-0.4, -0.2) is 18.1 Å². The number of rotatable bonds is 0. The first-order valence-electron chi connectivity index (χ1n) is 2.51. The normalized spacial score (nSPS) is 5.43. The fourth-order valence-electron chi connectivity index (χ4n) is 0. The number of carboxylic acids is 1. The van der Waals surface area contributed by atoms with Crippen molar-refractivity contribution in [3.8, 4) is 0 Å². The van der Waals surface area contributed by atoms with Gasteiger partial charge in [0.1, 0.15) is 0 Å². The van der Waals surface area contributed by atoms with Crippen molar-refractivity contribution < 1.29 is 11.3 Å². The molecule has 0 aliphatic carbocycles. The van der Waals surface area contributed by atoms with Crippen LogP contribution >= 0.6 is 0 Å². The maximum Gasteiger partial charge on any atom is 0.300 e. The second kappa shape index (κ2) is 18.0. The molecule has 0 saturated heterocycles. The highest BCUT2D eigenvalue weighted by Gasteiger charge is 1.65. The van der Waals surface area contributed by atoms with E-state index in [1.54, 1.807) is 0 Å². The first-order valence-corrected chi connectivity index (χ1v) is 1.51. The number of aliphatic carboxylic acids is 1. The fraction of sp³-hybridized carbons (Fsp3) is 0.750. The number of carbonyl (C=O) groups is 1. The van der Waals surface area contributed by atoms with Gasteiger partial charge >= 0.3 is 0 Å². The predicted octanol–water partition coefficient (Wildman–Crippen LogP) is 0.302. The van der Waals surface area contributed by atoms with Crippen LogP contribution in [0.15, 0.2) is 0 Å². The van der Waals surface area contributed by atoms with Gasteiger partial charge in [-0.1, -0.05) is 7.40 Å². The van der Waals surface area contributed by atoms with Gasteiger partial charge in [0.15, 0.2) is 0 Å². The van der Waals surface area contributed by atoms with E-state index in [1.165, 1.54) is 14.5 Å². The lowest BCUT2D eigenvalue weighted by Crippen LogP contribution is -1.78. The van der Waals surface area contributed by atoms with Gasteiger partial charge in [-0.25, -0.2) is 0 Å². The van der Waals surface area contributed by atoms with Gasteiger partial charge < -0.3 is 10.8 Å². The summed E-state index contributed by atoms with van der Waals surface area (Å²) in [5.41, 5.74) is 4.50. The third-order valence-electron chi connectivity index (χ3n) is 0. The molecule has 0 heterocycles. The third kappa shape index (κ3) is 197. The number of carboxylic acid groups (broad SMARTS) is 1. The van der Waals surface area contributed by atoms with Crippen molar-refractivity contribution in [1.82, 2.24) is 0 Å². The number of hydrogen-bond donors (Lipinski definition) is 2. The molecule has 3 heteroatoms. The van der Waals surface area contributed by atoms with Crippen LogP contribution in [0, 0.1) is 0 Å². The van der Waals surface area contributed by atoms with Gasteiger partial charge in [-0.05, 0) is 7.05 Å². The number of hydrogen-bond acceptors (Lipinski definition) is 2. The van der Waals surface area contributed by atoms with Crippen molar-refractivity contribution in [2.45, 2.75) is 14.3 Å². The van der Waals surface area contributed by atoms with Gasteiger partial charge in [0.25, 0.3) is 5.97 Å². The van der Waals surface area contributed by atoms with E-state index in [0.717, 1.165) is 6.92 Å². The summed E-state index contributed by atoms with van der Waals surface area (Å²) >= 11 is 0. The summed E-state index contributed by atoms with van der Waals surface area (Å²) in [5, 5.41) is 7.42. The molecular formula is C4H13NO2. The Labute approximate surface area is 45.5 Å². The lowest BCUT2D eigenvalue weighted by molar-refractivity contribution is -0.134. The molecule has 0 aromatic rings. The van der Waals surface area contributed by atoms with Gasteiger partial charge in [0.05, 0.1) is 0 Å². The van der Waals surface area contributed by atoms with Crippen LogP contribution in [-0.2, 0) is 4.79 Å². The van der Waals surface area contributed by atoms with Crippen LogP contribution in [0.5, 0.6) is 0 Å². The van der Waals surface area contributed by atoms with E-state index in [0.29, 0.717) is 0 Å². The monoisotopic (exact) mass is 109 g/mol. The standard InChI is InChI=1S/C2H4O2.CH5N.CH4/c1-2(3)4;1-2;/h1H3,(H,3,4);2H2,1H3;1H4/i;;1T. The average Bonchev–Trinajstić information content (AvgIpc) is 1.75. The highest BCUT2D eigenvalue weighted by Crippen LogP contribution is 1.42. The van der Waals surface area contributed by atoms with E-state index in [-0.39, 0.29) is 0 Å². The molecule has 0 aliphatic heterocycles.